The van der Waals surface area contributed by atoms with Crippen LogP contribution in [0.15, 0.2) is 46.9 Å². The highest BCUT2D eigenvalue weighted by molar-refractivity contribution is 9.10. The molecule has 106 valence electrons. The van der Waals surface area contributed by atoms with Crippen molar-refractivity contribution in [1.29, 1.82) is 0 Å². The summed E-state index contributed by atoms with van der Waals surface area (Å²) in [5, 5.41) is 0. The van der Waals surface area contributed by atoms with Crippen LogP contribution in [0.4, 0.5) is 8.78 Å². The van der Waals surface area contributed by atoms with Crippen molar-refractivity contribution in [3.05, 3.63) is 69.7 Å². The van der Waals surface area contributed by atoms with Gasteiger partial charge in [-0.15, -0.1) is 0 Å². The lowest BCUT2D eigenvalue weighted by Crippen LogP contribution is -2.19. The minimum absolute atomic E-state index is 0.209. The Balaban J connectivity index is 2.04. The minimum atomic E-state index is -0.814. The third kappa shape index (κ3) is 4.12. The maximum Gasteiger partial charge on any atom is 0.159 e. The molecule has 0 fully saturated rings. The van der Waals surface area contributed by atoms with Crippen molar-refractivity contribution in [3.8, 4) is 0 Å². The van der Waals surface area contributed by atoms with Crippen LogP contribution in [0.3, 0.4) is 0 Å². The van der Waals surface area contributed by atoms with E-state index in [0.29, 0.717) is 13.0 Å². The van der Waals surface area contributed by atoms with E-state index in [1.807, 2.05) is 24.3 Å². The molecule has 0 radical (unpaired) electrons. The molecular formula is C16H16BrF2N. The Morgan fingerprint density at radius 1 is 0.900 bits per heavy atom. The quantitative estimate of drug-likeness (QED) is 0.872. The first-order chi connectivity index (χ1) is 9.58. The molecule has 0 saturated heterocycles. The summed E-state index contributed by atoms with van der Waals surface area (Å²) in [6, 6.07) is 12.1. The summed E-state index contributed by atoms with van der Waals surface area (Å²) in [5.74, 6) is -1.41. The molecule has 0 spiro atoms. The lowest BCUT2D eigenvalue weighted by atomic mass is 9.92. The van der Waals surface area contributed by atoms with Crippen LogP contribution in [0.2, 0.25) is 0 Å². The standard InChI is InChI=1S/C16H16BrF2N/c17-14-4-1-11(2-5-14)7-13(10-20)8-12-3-6-15(18)16(19)9-12/h1-6,9,13H,7-8,10,20H2. The van der Waals surface area contributed by atoms with Crippen molar-refractivity contribution < 1.29 is 8.78 Å². The molecule has 0 aliphatic heterocycles. The van der Waals surface area contributed by atoms with Crippen LogP contribution < -0.4 is 5.73 Å². The SMILES string of the molecule is NCC(Cc1ccc(Br)cc1)Cc1ccc(F)c(F)c1. The Morgan fingerprint density at radius 2 is 1.50 bits per heavy atom. The monoisotopic (exact) mass is 339 g/mol. The Labute approximate surface area is 125 Å². The van der Waals surface area contributed by atoms with Gasteiger partial charge in [0.1, 0.15) is 0 Å². The van der Waals surface area contributed by atoms with Gasteiger partial charge in [0.25, 0.3) is 0 Å². The Hall–Kier alpha value is -1.26. The van der Waals surface area contributed by atoms with E-state index in [4.69, 9.17) is 5.73 Å². The van der Waals surface area contributed by atoms with Crippen molar-refractivity contribution in [2.24, 2.45) is 11.7 Å². The van der Waals surface area contributed by atoms with Crippen LogP contribution in [0.25, 0.3) is 0 Å². The zero-order valence-corrected chi connectivity index (χ0v) is 12.5. The largest absolute Gasteiger partial charge is 0.330 e. The summed E-state index contributed by atoms with van der Waals surface area (Å²) in [4.78, 5) is 0. The highest BCUT2D eigenvalue weighted by Gasteiger charge is 2.11. The van der Waals surface area contributed by atoms with E-state index >= 15 is 0 Å². The molecule has 0 heterocycles. The fraction of sp³-hybridized carbons (Fsp3) is 0.250. The van der Waals surface area contributed by atoms with Crippen LogP contribution in [0.1, 0.15) is 11.1 Å². The molecule has 0 amide bonds. The van der Waals surface area contributed by atoms with Gasteiger partial charge in [0.15, 0.2) is 11.6 Å². The molecule has 2 N–H and O–H groups in total. The van der Waals surface area contributed by atoms with Crippen molar-refractivity contribution in [1.82, 2.24) is 0 Å². The third-order valence-electron chi connectivity index (χ3n) is 3.28. The maximum absolute atomic E-state index is 13.2. The molecule has 0 aromatic heterocycles. The molecule has 2 rings (SSSR count). The second kappa shape index (κ2) is 6.95. The van der Waals surface area contributed by atoms with Crippen molar-refractivity contribution >= 4 is 15.9 Å². The Bertz CT molecular complexity index is 569. The lowest BCUT2D eigenvalue weighted by Gasteiger charge is -2.15. The van der Waals surface area contributed by atoms with Crippen LogP contribution in [-0.4, -0.2) is 6.54 Å². The van der Waals surface area contributed by atoms with Gasteiger partial charge in [0.05, 0.1) is 0 Å². The van der Waals surface area contributed by atoms with Gasteiger partial charge in [-0.05, 0) is 60.7 Å². The molecule has 1 unspecified atom stereocenters. The fourth-order valence-corrected chi connectivity index (χ4v) is 2.46. The minimum Gasteiger partial charge on any atom is -0.330 e. The van der Waals surface area contributed by atoms with E-state index in [2.05, 4.69) is 15.9 Å². The van der Waals surface area contributed by atoms with Crippen LogP contribution in [0, 0.1) is 17.6 Å². The van der Waals surface area contributed by atoms with Gasteiger partial charge in [0.2, 0.25) is 0 Å². The molecular weight excluding hydrogens is 324 g/mol. The molecule has 0 aliphatic carbocycles. The van der Waals surface area contributed by atoms with Gasteiger partial charge in [0, 0.05) is 4.47 Å². The maximum atomic E-state index is 13.2. The number of rotatable bonds is 5. The smallest absolute Gasteiger partial charge is 0.159 e. The van der Waals surface area contributed by atoms with Gasteiger partial charge >= 0.3 is 0 Å². The fourth-order valence-electron chi connectivity index (χ4n) is 2.19. The summed E-state index contributed by atoms with van der Waals surface area (Å²) in [7, 11) is 0. The van der Waals surface area contributed by atoms with Gasteiger partial charge in [-0.2, -0.15) is 0 Å². The van der Waals surface area contributed by atoms with Gasteiger partial charge < -0.3 is 5.73 Å². The van der Waals surface area contributed by atoms with E-state index in [9.17, 15) is 8.78 Å². The first kappa shape index (κ1) is 15.1. The number of benzene rings is 2. The molecule has 2 aromatic carbocycles. The molecule has 4 heteroatoms. The van der Waals surface area contributed by atoms with Crippen LogP contribution in [0.5, 0.6) is 0 Å². The number of halogens is 3. The van der Waals surface area contributed by atoms with Crippen molar-refractivity contribution in [3.63, 3.8) is 0 Å². The highest BCUT2D eigenvalue weighted by Crippen LogP contribution is 2.18. The normalized spacial score (nSPS) is 12.4. The summed E-state index contributed by atoms with van der Waals surface area (Å²) in [6.07, 6.45) is 1.46. The Morgan fingerprint density at radius 3 is 2.10 bits per heavy atom. The molecule has 0 aliphatic rings. The van der Waals surface area contributed by atoms with E-state index in [0.717, 1.165) is 22.5 Å². The van der Waals surface area contributed by atoms with E-state index in [1.54, 1.807) is 6.07 Å². The molecule has 2 aromatic rings. The summed E-state index contributed by atoms with van der Waals surface area (Å²) in [6.45, 7) is 0.509. The van der Waals surface area contributed by atoms with E-state index < -0.39 is 11.6 Å². The zero-order valence-electron chi connectivity index (χ0n) is 11.0. The molecule has 20 heavy (non-hydrogen) atoms. The third-order valence-corrected chi connectivity index (χ3v) is 3.81. The summed E-state index contributed by atoms with van der Waals surface area (Å²) >= 11 is 3.40. The number of hydrogen-bond donors (Lipinski definition) is 1. The highest BCUT2D eigenvalue weighted by atomic mass is 79.9. The average molecular weight is 340 g/mol. The topological polar surface area (TPSA) is 26.0 Å². The predicted molar refractivity (Wildman–Crippen MR) is 80.5 cm³/mol. The summed E-state index contributed by atoms with van der Waals surface area (Å²) < 4.78 is 27.1. The van der Waals surface area contributed by atoms with Crippen LogP contribution >= 0.6 is 15.9 Å². The molecule has 1 atom stereocenters. The first-order valence-electron chi connectivity index (χ1n) is 6.47. The Kier molecular flexibility index (Phi) is 5.26. The first-order valence-corrected chi connectivity index (χ1v) is 7.26. The zero-order chi connectivity index (χ0) is 14.5. The number of nitrogens with two attached hydrogens (primary N) is 1. The van der Waals surface area contributed by atoms with Gasteiger partial charge in [-0.1, -0.05) is 34.1 Å². The van der Waals surface area contributed by atoms with Crippen LogP contribution in [-0.2, 0) is 12.8 Å². The van der Waals surface area contributed by atoms with E-state index in [-0.39, 0.29) is 5.92 Å². The average Bonchev–Trinajstić information content (AvgIpc) is 2.44. The molecule has 0 saturated carbocycles. The molecule has 1 nitrogen and oxygen atoms in total. The van der Waals surface area contributed by atoms with E-state index in [1.165, 1.54) is 11.6 Å². The second-order valence-electron chi connectivity index (χ2n) is 4.88. The number of hydrogen-bond acceptors (Lipinski definition) is 1. The summed E-state index contributed by atoms with van der Waals surface area (Å²) in [5.41, 5.74) is 7.75. The van der Waals surface area contributed by atoms with Crippen molar-refractivity contribution in [2.75, 3.05) is 6.54 Å². The van der Waals surface area contributed by atoms with Crippen molar-refractivity contribution in [2.45, 2.75) is 12.8 Å². The lowest BCUT2D eigenvalue weighted by molar-refractivity contribution is 0.499. The van der Waals surface area contributed by atoms with Gasteiger partial charge in [-0.3, -0.25) is 0 Å². The van der Waals surface area contributed by atoms with Gasteiger partial charge in [-0.25, -0.2) is 8.78 Å². The molecule has 0 bridgehead atoms. The second-order valence-corrected chi connectivity index (χ2v) is 5.80. The predicted octanol–water partition coefficient (Wildman–Crippen LogP) is 4.09.